The topological polar surface area (TPSA) is 48.5 Å². The van der Waals surface area contributed by atoms with Gasteiger partial charge in [-0.2, -0.15) is 0 Å². The maximum absolute atomic E-state index is 5.46. The number of aromatic nitrogens is 5. The molecule has 0 atom stereocenters. The van der Waals surface area contributed by atoms with Gasteiger partial charge in [0.25, 0.3) is 0 Å². The molecule has 0 unspecified atom stereocenters. The second kappa shape index (κ2) is 17.1. The van der Waals surface area contributed by atoms with Crippen molar-refractivity contribution in [2.24, 2.45) is 0 Å². The molecule has 0 aliphatic rings. The molecule has 4 heterocycles. The highest BCUT2D eigenvalue weighted by Crippen LogP contribution is 2.41. The van der Waals surface area contributed by atoms with Gasteiger partial charge in [0.15, 0.2) is 5.82 Å². The van der Waals surface area contributed by atoms with Crippen molar-refractivity contribution in [3.63, 3.8) is 0 Å². The third-order valence-electron chi connectivity index (χ3n) is 14.1. The lowest BCUT2D eigenvalue weighted by Crippen LogP contribution is -1.96. The molecule has 0 aliphatic heterocycles. The van der Waals surface area contributed by atoms with E-state index in [1.54, 1.807) is 0 Å². The van der Waals surface area contributed by atoms with Crippen molar-refractivity contribution < 1.29 is 0 Å². The van der Waals surface area contributed by atoms with Crippen molar-refractivity contribution in [3.8, 4) is 78.8 Å². The molecule has 72 heavy (non-hydrogen) atoms. The number of hydrogen-bond acceptors (Lipinski definition) is 3. The van der Waals surface area contributed by atoms with Crippen LogP contribution in [-0.4, -0.2) is 24.1 Å². The van der Waals surface area contributed by atoms with Gasteiger partial charge in [-0.1, -0.05) is 176 Å². The third-order valence-corrected chi connectivity index (χ3v) is 14.1. The first-order chi connectivity index (χ1) is 35.7. The Morgan fingerprint density at radius 3 is 1.19 bits per heavy atom. The van der Waals surface area contributed by atoms with Crippen LogP contribution in [-0.2, 0) is 0 Å². The number of pyridine rings is 1. The number of benzene rings is 10. The van der Waals surface area contributed by atoms with Crippen LogP contribution in [0.1, 0.15) is 0 Å². The number of rotatable bonds is 8. The number of para-hydroxylation sites is 4. The highest BCUT2D eigenvalue weighted by atomic mass is 15.0. The largest absolute Gasteiger partial charge is 0.309 e. The van der Waals surface area contributed by atoms with Crippen molar-refractivity contribution >= 4 is 54.5 Å². The number of hydrogen-bond donors (Lipinski definition) is 0. The van der Waals surface area contributed by atoms with Crippen molar-refractivity contribution in [1.29, 1.82) is 0 Å². The minimum Gasteiger partial charge on any atom is -0.309 e. The summed E-state index contributed by atoms with van der Waals surface area (Å²) in [7, 11) is 0. The van der Waals surface area contributed by atoms with Gasteiger partial charge in [0.05, 0.1) is 44.7 Å². The summed E-state index contributed by atoms with van der Waals surface area (Å²) in [5, 5.41) is 5.91. The molecule has 5 nitrogen and oxygen atoms in total. The van der Waals surface area contributed by atoms with E-state index in [4.69, 9.17) is 15.0 Å². The van der Waals surface area contributed by atoms with Gasteiger partial charge >= 0.3 is 0 Å². The summed E-state index contributed by atoms with van der Waals surface area (Å²) in [5.74, 6) is 0.677. The summed E-state index contributed by atoms with van der Waals surface area (Å²) in [6.45, 7) is 0. The SMILES string of the molecule is c1ccc(-c2cc(-c3ccccc3)nc(-c3ccc(-c4cc(-c5ccc6c(c5)c5ccccc5n6-c5ccccc5)nc5ccc(-c6ccc7c(c6)c6ccccc6n7-c6ccccc6)cc45)cc3)n2)cc1. The normalized spacial score (nSPS) is 11.6. The molecule has 0 fully saturated rings. The van der Waals surface area contributed by atoms with Gasteiger partial charge in [0.2, 0.25) is 0 Å². The van der Waals surface area contributed by atoms with Crippen LogP contribution in [0, 0.1) is 0 Å². The maximum atomic E-state index is 5.46. The van der Waals surface area contributed by atoms with Gasteiger partial charge in [-0.05, 0) is 107 Å². The Balaban J connectivity index is 0.934. The van der Waals surface area contributed by atoms with E-state index in [0.717, 1.165) is 89.4 Å². The second-order valence-corrected chi connectivity index (χ2v) is 18.4. The summed E-state index contributed by atoms with van der Waals surface area (Å²) in [5.41, 5.74) is 19.1. The molecule has 0 saturated carbocycles. The lowest BCUT2D eigenvalue weighted by molar-refractivity contribution is 1.18. The molecule has 0 aliphatic carbocycles. The number of fused-ring (bicyclic) bond motifs is 7. The fraction of sp³-hybridized carbons (Fsp3) is 0. The molecule has 0 saturated heterocycles. The fourth-order valence-corrected chi connectivity index (χ4v) is 10.7. The zero-order valence-electron chi connectivity index (χ0n) is 39.1. The van der Waals surface area contributed by atoms with Gasteiger partial charge in [-0.25, -0.2) is 15.0 Å². The molecule has 14 rings (SSSR count). The molecule has 5 heteroatoms. The second-order valence-electron chi connectivity index (χ2n) is 18.4. The van der Waals surface area contributed by atoms with E-state index in [0.29, 0.717) is 5.82 Å². The van der Waals surface area contributed by atoms with Crippen molar-refractivity contribution in [1.82, 2.24) is 24.1 Å². The predicted molar refractivity (Wildman–Crippen MR) is 299 cm³/mol. The highest BCUT2D eigenvalue weighted by molar-refractivity contribution is 6.12. The molecule has 14 aromatic rings. The quantitative estimate of drug-likeness (QED) is 0.153. The Morgan fingerprint density at radius 1 is 0.236 bits per heavy atom. The number of nitrogens with zero attached hydrogens (tertiary/aromatic N) is 5. The fourth-order valence-electron chi connectivity index (χ4n) is 10.7. The van der Waals surface area contributed by atoms with E-state index in [1.807, 2.05) is 12.1 Å². The van der Waals surface area contributed by atoms with Crippen LogP contribution in [0.2, 0.25) is 0 Å². The lowest BCUT2D eigenvalue weighted by Gasteiger charge is -2.14. The maximum Gasteiger partial charge on any atom is 0.160 e. The van der Waals surface area contributed by atoms with Crippen LogP contribution in [0.4, 0.5) is 0 Å². The average molecular weight is 918 g/mol. The van der Waals surface area contributed by atoms with E-state index in [2.05, 4.69) is 258 Å². The minimum atomic E-state index is 0.677. The van der Waals surface area contributed by atoms with Gasteiger partial charge in [-0.15, -0.1) is 0 Å². The average Bonchev–Trinajstić information content (AvgIpc) is 3.98. The van der Waals surface area contributed by atoms with Crippen LogP contribution in [0.3, 0.4) is 0 Å². The monoisotopic (exact) mass is 917 g/mol. The highest BCUT2D eigenvalue weighted by Gasteiger charge is 2.19. The molecule has 4 aromatic heterocycles. The molecular formula is C67H43N5. The van der Waals surface area contributed by atoms with Gasteiger partial charge in [0, 0.05) is 60.6 Å². The Morgan fingerprint density at radius 2 is 0.639 bits per heavy atom. The van der Waals surface area contributed by atoms with Crippen LogP contribution in [0.25, 0.3) is 133 Å². The summed E-state index contributed by atoms with van der Waals surface area (Å²) in [6, 6.07) is 92.8. The minimum absolute atomic E-state index is 0.677. The first-order valence-corrected chi connectivity index (χ1v) is 24.4. The molecular weight excluding hydrogens is 875 g/mol. The van der Waals surface area contributed by atoms with E-state index in [9.17, 15) is 0 Å². The van der Waals surface area contributed by atoms with Gasteiger partial charge < -0.3 is 9.13 Å². The lowest BCUT2D eigenvalue weighted by atomic mass is 9.94. The zero-order valence-corrected chi connectivity index (χ0v) is 39.1. The van der Waals surface area contributed by atoms with Crippen molar-refractivity contribution in [2.45, 2.75) is 0 Å². The van der Waals surface area contributed by atoms with E-state index in [1.165, 1.54) is 38.1 Å². The molecule has 0 radical (unpaired) electrons. The first kappa shape index (κ1) is 41.3. The van der Waals surface area contributed by atoms with Crippen LogP contribution >= 0.6 is 0 Å². The van der Waals surface area contributed by atoms with Gasteiger partial charge in [0.1, 0.15) is 0 Å². The van der Waals surface area contributed by atoms with Crippen LogP contribution in [0.15, 0.2) is 261 Å². The van der Waals surface area contributed by atoms with E-state index < -0.39 is 0 Å². The molecule has 0 spiro atoms. The Kier molecular flexibility index (Phi) is 9.78. The standard InChI is InChI=1S/C67H43N5/c1-5-17-45(18-6-1)61-43-62(46-19-7-2-8-20-46)70-67(69-61)47-31-29-44(30-32-47)55-42-60(50-35-38-66-58(41-50)54-26-14-16-28-64(54)72(66)52-23-11-4-12-24-52)68-59-36-33-48(39-56(55)59)49-34-37-65-57(40-49)53-25-13-15-27-63(53)71(65)51-21-9-3-10-22-51/h1-43H. The summed E-state index contributed by atoms with van der Waals surface area (Å²) >= 11 is 0. The smallest absolute Gasteiger partial charge is 0.160 e. The van der Waals surface area contributed by atoms with Crippen LogP contribution < -0.4 is 0 Å². The Hall–Kier alpha value is -9.71. The summed E-state index contributed by atoms with van der Waals surface area (Å²) < 4.78 is 4.72. The van der Waals surface area contributed by atoms with Crippen LogP contribution in [0.5, 0.6) is 0 Å². The Bertz CT molecular complexity index is 4290. The molecule has 336 valence electrons. The molecule has 0 amide bonds. The summed E-state index contributed by atoms with van der Waals surface area (Å²) in [4.78, 5) is 15.8. The molecule has 0 N–H and O–H groups in total. The first-order valence-electron chi connectivity index (χ1n) is 24.4. The molecule has 0 bridgehead atoms. The third kappa shape index (κ3) is 7.06. The Labute approximate surface area is 416 Å². The molecule has 10 aromatic carbocycles. The van der Waals surface area contributed by atoms with E-state index >= 15 is 0 Å². The van der Waals surface area contributed by atoms with E-state index in [-0.39, 0.29) is 0 Å². The van der Waals surface area contributed by atoms with Crippen molar-refractivity contribution in [2.75, 3.05) is 0 Å². The van der Waals surface area contributed by atoms with Gasteiger partial charge in [-0.3, -0.25) is 0 Å². The van der Waals surface area contributed by atoms with Crippen molar-refractivity contribution in [3.05, 3.63) is 261 Å². The predicted octanol–water partition coefficient (Wildman–Crippen LogP) is 17.2. The zero-order chi connectivity index (χ0) is 47.5. The summed E-state index contributed by atoms with van der Waals surface area (Å²) in [6.07, 6.45) is 0.